The molecule has 5 nitrogen and oxygen atoms in total. The Morgan fingerprint density at radius 3 is 2.65 bits per heavy atom. The van der Waals surface area contributed by atoms with Crippen LogP contribution in [0.2, 0.25) is 0 Å². The van der Waals surface area contributed by atoms with Gasteiger partial charge < -0.3 is 10.4 Å². The van der Waals surface area contributed by atoms with E-state index in [1.165, 1.54) is 0 Å². The molecule has 5 heteroatoms. The lowest BCUT2D eigenvalue weighted by Crippen LogP contribution is -2.36. The fourth-order valence-electron chi connectivity index (χ4n) is 3.33. The third kappa shape index (κ3) is 2.09. The predicted octanol–water partition coefficient (Wildman–Crippen LogP) is 1.85. The van der Waals surface area contributed by atoms with Gasteiger partial charge in [-0.3, -0.25) is 9.59 Å². The summed E-state index contributed by atoms with van der Waals surface area (Å²) in [5, 5.41) is 12.1. The molecule has 0 radical (unpaired) electrons. The summed E-state index contributed by atoms with van der Waals surface area (Å²) in [6.07, 6.45) is 6.28. The molecule has 0 aliphatic heterocycles. The molecule has 2 aliphatic rings. The number of hydrogen-bond acceptors (Lipinski definition) is 3. The van der Waals surface area contributed by atoms with Crippen molar-refractivity contribution in [2.24, 2.45) is 23.7 Å². The normalized spacial score (nSPS) is 30.4. The van der Waals surface area contributed by atoms with Crippen LogP contribution in [-0.4, -0.2) is 22.0 Å². The van der Waals surface area contributed by atoms with E-state index in [1.54, 1.807) is 12.3 Å². The van der Waals surface area contributed by atoms with Crippen LogP contribution in [0.15, 0.2) is 30.5 Å². The van der Waals surface area contributed by atoms with Crippen molar-refractivity contribution < 1.29 is 14.7 Å². The maximum Gasteiger partial charge on any atom is 0.307 e. The van der Waals surface area contributed by atoms with Gasteiger partial charge in [0.2, 0.25) is 5.91 Å². The third-order valence-corrected chi connectivity index (χ3v) is 4.21. The highest BCUT2D eigenvalue weighted by molar-refractivity contribution is 5.95. The Labute approximate surface area is 116 Å². The first-order chi connectivity index (χ1) is 9.56. The highest BCUT2D eigenvalue weighted by atomic mass is 16.4. The first-order valence-electron chi connectivity index (χ1n) is 6.71. The monoisotopic (exact) mass is 272 g/mol. The molecule has 1 heterocycles. The van der Waals surface area contributed by atoms with E-state index >= 15 is 0 Å². The lowest BCUT2D eigenvalue weighted by molar-refractivity contribution is -0.146. The van der Waals surface area contributed by atoms with Crippen LogP contribution in [0, 0.1) is 30.6 Å². The van der Waals surface area contributed by atoms with Crippen molar-refractivity contribution >= 4 is 17.7 Å². The first kappa shape index (κ1) is 12.8. The van der Waals surface area contributed by atoms with Gasteiger partial charge in [0.15, 0.2) is 0 Å². The number of rotatable bonds is 3. The lowest BCUT2D eigenvalue weighted by atomic mass is 9.82. The molecule has 4 atom stereocenters. The van der Waals surface area contributed by atoms with E-state index in [0.717, 1.165) is 12.0 Å². The molecule has 1 amide bonds. The van der Waals surface area contributed by atoms with Crippen LogP contribution >= 0.6 is 0 Å². The number of amides is 1. The van der Waals surface area contributed by atoms with Crippen molar-refractivity contribution in [3.63, 3.8) is 0 Å². The molecule has 0 spiro atoms. The summed E-state index contributed by atoms with van der Waals surface area (Å²) in [6.45, 7) is 1.91. The number of anilines is 1. The van der Waals surface area contributed by atoms with E-state index < -0.39 is 17.8 Å². The topological polar surface area (TPSA) is 79.3 Å². The van der Waals surface area contributed by atoms with Crippen LogP contribution in [0.1, 0.15) is 12.0 Å². The summed E-state index contributed by atoms with van der Waals surface area (Å²) in [7, 11) is 0. The van der Waals surface area contributed by atoms with Crippen LogP contribution in [0.3, 0.4) is 0 Å². The Kier molecular flexibility index (Phi) is 3.04. The number of pyridine rings is 1. The minimum Gasteiger partial charge on any atom is -0.481 e. The maximum absolute atomic E-state index is 12.4. The van der Waals surface area contributed by atoms with Crippen LogP contribution in [0.5, 0.6) is 0 Å². The first-order valence-corrected chi connectivity index (χ1v) is 6.71. The number of aromatic nitrogens is 1. The van der Waals surface area contributed by atoms with E-state index in [0.29, 0.717) is 5.82 Å². The smallest absolute Gasteiger partial charge is 0.307 e. The van der Waals surface area contributed by atoms with Gasteiger partial charge >= 0.3 is 5.97 Å². The summed E-state index contributed by atoms with van der Waals surface area (Å²) in [6, 6.07) is 3.62. The molecular formula is C15H16N2O3. The molecule has 3 rings (SSSR count). The molecule has 2 N–H and O–H groups in total. The van der Waals surface area contributed by atoms with E-state index in [2.05, 4.69) is 10.3 Å². The summed E-state index contributed by atoms with van der Waals surface area (Å²) in [5.41, 5.74) is 0.998. The Hall–Kier alpha value is -2.17. The number of carbonyl (C=O) groups excluding carboxylic acids is 1. The predicted molar refractivity (Wildman–Crippen MR) is 73.0 cm³/mol. The van der Waals surface area contributed by atoms with Gasteiger partial charge in [0, 0.05) is 6.20 Å². The molecule has 20 heavy (non-hydrogen) atoms. The number of fused-ring (bicyclic) bond motifs is 2. The minimum absolute atomic E-state index is 0.0151. The molecule has 2 aliphatic carbocycles. The highest BCUT2D eigenvalue weighted by Crippen LogP contribution is 2.48. The Bertz CT molecular complexity index is 597. The lowest BCUT2D eigenvalue weighted by Gasteiger charge is -2.23. The van der Waals surface area contributed by atoms with Crippen LogP contribution in [-0.2, 0) is 9.59 Å². The quantitative estimate of drug-likeness (QED) is 0.823. The molecule has 0 saturated heterocycles. The number of carboxylic acids is 1. The van der Waals surface area contributed by atoms with Gasteiger partial charge in [-0.1, -0.05) is 12.2 Å². The van der Waals surface area contributed by atoms with Crippen LogP contribution < -0.4 is 5.32 Å². The van der Waals surface area contributed by atoms with Gasteiger partial charge in [-0.25, -0.2) is 4.98 Å². The van der Waals surface area contributed by atoms with Gasteiger partial charge in [-0.15, -0.1) is 0 Å². The number of aliphatic carboxylic acids is 1. The van der Waals surface area contributed by atoms with E-state index in [-0.39, 0.29) is 17.7 Å². The largest absolute Gasteiger partial charge is 0.481 e. The average Bonchev–Trinajstić information content (AvgIpc) is 2.98. The molecular weight excluding hydrogens is 256 g/mol. The molecule has 0 unspecified atom stereocenters. The zero-order valence-corrected chi connectivity index (χ0v) is 11.1. The second-order valence-corrected chi connectivity index (χ2v) is 5.55. The third-order valence-electron chi connectivity index (χ3n) is 4.21. The number of carboxylic acid groups (broad SMARTS) is 1. The fraction of sp³-hybridized carbons (Fsp3) is 0.400. The summed E-state index contributed by atoms with van der Waals surface area (Å²) >= 11 is 0. The van der Waals surface area contributed by atoms with E-state index in [4.69, 9.17) is 0 Å². The van der Waals surface area contributed by atoms with Crippen molar-refractivity contribution in [1.82, 2.24) is 4.98 Å². The number of nitrogens with zero attached hydrogens (tertiary/aromatic N) is 1. The minimum atomic E-state index is -0.890. The molecule has 1 aromatic rings. The van der Waals surface area contributed by atoms with Gasteiger partial charge in [0.1, 0.15) is 5.82 Å². The molecule has 1 fully saturated rings. The Morgan fingerprint density at radius 2 is 2.00 bits per heavy atom. The van der Waals surface area contributed by atoms with Crippen molar-refractivity contribution in [1.29, 1.82) is 0 Å². The molecule has 0 aromatic carbocycles. The van der Waals surface area contributed by atoms with Gasteiger partial charge in [0.05, 0.1) is 11.8 Å². The second kappa shape index (κ2) is 4.74. The zero-order valence-electron chi connectivity index (χ0n) is 11.1. The van der Waals surface area contributed by atoms with Crippen molar-refractivity contribution in [2.75, 3.05) is 5.32 Å². The van der Waals surface area contributed by atoms with Crippen molar-refractivity contribution in [2.45, 2.75) is 13.3 Å². The molecule has 1 aromatic heterocycles. The fourth-order valence-corrected chi connectivity index (χ4v) is 3.33. The van der Waals surface area contributed by atoms with Crippen molar-refractivity contribution in [3.8, 4) is 0 Å². The Morgan fingerprint density at radius 1 is 1.30 bits per heavy atom. The Balaban J connectivity index is 1.80. The maximum atomic E-state index is 12.4. The standard InChI is InChI=1S/C15H16N2O3/c1-8-4-5-16-11(6-8)17-14(18)12-9-2-3-10(7-9)13(12)15(19)20/h2-6,9-10,12-13H,7H2,1H3,(H,19,20)(H,16,17,18)/t9-,10-,12+,13+/m0/s1. The second-order valence-electron chi connectivity index (χ2n) is 5.55. The number of aryl methyl sites for hydroxylation is 1. The summed E-state index contributed by atoms with van der Waals surface area (Å²) in [4.78, 5) is 27.9. The number of hydrogen-bond donors (Lipinski definition) is 2. The summed E-state index contributed by atoms with van der Waals surface area (Å²) < 4.78 is 0. The SMILES string of the molecule is Cc1ccnc(NC(=O)[C@H]2[C@H](C(=O)O)[C@H]3C=C[C@H]2C3)c1. The van der Waals surface area contributed by atoms with E-state index in [9.17, 15) is 14.7 Å². The molecule has 2 bridgehead atoms. The van der Waals surface area contributed by atoms with Gasteiger partial charge in [-0.2, -0.15) is 0 Å². The molecule has 104 valence electrons. The number of nitrogens with one attached hydrogen (secondary N) is 1. The van der Waals surface area contributed by atoms with Gasteiger partial charge in [0.25, 0.3) is 0 Å². The molecule has 1 saturated carbocycles. The van der Waals surface area contributed by atoms with Crippen LogP contribution in [0.4, 0.5) is 5.82 Å². The van der Waals surface area contributed by atoms with Crippen molar-refractivity contribution in [3.05, 3.63) is 36.0 Å². The zero-order chi connectivity index (χ0) is 14.3. The number of allylic oxidation sites excluding steroid dienone is 2. The average molecular weight is 272 g/mol. The van der Waals surface area contributed by atoms with Crippen LogP contribution in [0.25, 0.3) is 0 Å². The van der Waals surface area contributed by atoms with Gasteiger partial charge in [-0.05, 0) is 42.9 Å². The highest BCUT2D eigenvalue weighted by Gasteiger charge is 2.51. The summed E-state index contributed by atoms with van der Waals surface area (Å²) in [5.74, 6) is -1.75. The van der Waals surface area contributed by atoms with E-state index in [1.807, 2.05) is 25.1 Å². The number of carbonyl (C=O) groups is 2.